The van der Waals surface area contributed by atoms with Crippen molar-refractivity contribution in [3.8, 4) is 0 Å². The van der Waals surface area contributed by atoms with Gasteiger partial charge < -0.3 is 34.0 Å². The molecule has 0 radical (unpaired) electrons. The summed E-state index contributed by atoms with van der Waals surface area (Å²) in [6.07, 6.45) is -0.959. The first-order valence-corrected chi connectivity index (χ1v) is 12.7. The van der Waals surface area contributed by atoms with Crippen molar-refractivity contribution in [1.29, 1.82) is 0 Å². The summed E-state index contributed by atoms with van der Waals surface area (Å²) < 4.78 is 15.4. The fourth-order valence-electron chi connectivity index (χ4n) is 5.64. The van der Waals surface area contributed by atoms with Crippen LogP contribution in [0.1, 0.15) is 38.4 Å². The van der Waals surface area contributed by atoms with Crippen molar-refractivity contribution in [2.45, 2.75) is 57.5 Å². The summed E-state index contributed by atoms with van der Waals surface area (Å²) in [5.41, 5.74) is 0.482. The van der Waals surface area contributed by atoms with E-state index in [4.69, 9.17) is 18.7 Å². The van der Waals surface area contributed by atoms with Crippen LogP contribution < -0.4 is 0 Å². The molecule has 3 N–H and O–H groups in total. The lowest BCUT2D eigenvalue weighted by Crippen LogP contribution is -2.54. The normalized spacial score (nSPS) is 31.2. The van der Waals surface area contributed by atoms with E-state index in [1.165, 1.54) is 6.26 Å². The maximum atomic E-state index is 13.3. The zero-order valence-electron chi connectivity index (χ0n) is 20.7. The first kappa shape index (κ1) is 27.2. The molecule has 204 valence electrons. The van der Waals surface area contributed by atoms with Crippen LogP contribution in [0.15, 0.2) is 28.0 Å². The van der Waals surface area contributed by atoms with Crippen LogP contribution in [-0.4, -0.2) is 88.4 Å². The van der Waals surface area contributed by atoms with Gasteiger partial charge >= 0.3 is 5.97 Å². The molecule has 1 aromatic heterocycles. The van der Waals surface area contributed by atoms with E-state index >= 15 is 0 Å². The number of oxime groups is 1. The second kappa shape index (κ2) is 12.2. The summed E-state index contributed by atoms with van der Waals surface area (Å²) >= 11 is 0. The number of imide groups is 1. The molecular formula is C25H34N2O10. The van der Waals surface area contributed by atoms with Gasteiger partial charge in [0.05, 0.1) is 55.7 Å². The van der Waals surface area contributed by atoms with Gasteiger partial charge in [-0.1, -0.05) is 5.16 Å². The first-order chi connectivity index (χ1) is 17.8. The third-order valence-corrected chi connectivity index (χ3v) is 7.30. The highest BCUT2D eigenvalue weighted by Crippen LogP contribution is 2.49. The van der Waals surface area contributed by atoms with Crippen LogP contribution in [0.2, 0.25) is 0 Å². The van der Waals surface area contributed by atoms with Gasteiger partial charge in [0, 0.05) is 24.8 Å². The number of esters is 1. The van der Waals surface area contributed by atoms with Gasteiger partial charge in [-0.15, -0.1) is 0 Å². The summed E-state index contributed by atoms with van der Waals surface area (Å²) in [4.78, 5) is 44.4. The minimum Gasteiger partial charge on any atom is -0.467 e. The number of fused-ring (bicyclic) bond motifs is 3. The van der Waals surface area contributed by atoms with Crippen molar-refractivity contribution in [2.75, 3.05) is 26.4 Å². The predicted octanol–water partition coefficient (Wildman–Crippen LogP) is 0.236. The average molecular weight is 523 g/mol. The van der Waals surface area contributed by atoms with Crippen LogP contribution in [0.25, 0.3) is 0 Å². The molecular weight excluding hydrogens is 488 g/mol. The summed E-state index contributed by atoms with van der Waals surface area (Å²) in [5.74, 6) is -3.20. The summed E-state index contributed by atoms with van der Waals surface area (Å²) in [5, 5.41) is 35.6. The molecule has 0 aromatic carbocycles. The van der Waals surface area contributed by atoms with Gasteiger partial charge in [-0.05, 0) is 31.9 Å². The van der Waals surface area contributed by atoms with Crippen molar-refractivity contribution < 1.29 is 48.4 Å². The lowest BCUT2D eigenvalue weighted by Gasteiger charge is -2.45. The molecule has 37 heavy (non-hydrogen) atoms. The Morgan fingerprint density at radius 1 is 1.22 bits per heavy atom. The number of carbonyl (C=O) groups excluding carboxylic acids is 3. The van der Waals surface area contributed by atoms with Gasteiger partial charge in [-0.2, -0.15) is 0 Å². The number of likely N-dealkylation sites (tertiary alicyclic amines) is 1. The highest BCUT2D eigenvalue weighted by atomic mass is 16.6. The molecule has 1 aliphatic heterocycles. The molecule has 0 bridgehead atoms. The quantitative estimate of drug-likeness (QED) is 0.208. The van der Waals surface area contributed by atoms with Crippen molar-refractivity contribution in [3.63, 3.8) is 0 Å². The molecule has 0 unspecified atom stereocenters. The maximum Gasteiger partial charge on any atom is 0.307 e. The van der Waals surface area contributed by atoms with Gasteiger partial charge in [0.1, 0.15) is 25.1 Å². The molecule has 2 aliphatic carbocycles. The fourth-order valence-corrected chi connectivity index (χ4v) is 5.64. The number of aliphatic hydroxyl groups excluding tert-OH is 3. The van der Waals surface area contributed by atoms with E-state index in [9.17, 15) is 29.7 Å². The van der Waals surface area contributed by atoms with Gasteiger partial charge in [-0.25, -0.2) is 0 Å². The molecule has 3 fully saturated rings. The van der Waals surface area contributed by atoms with Gasteiger partial charge in [0.2, 0.25) is 11.8 Å². The second-order valence-corrected chi connectivity index (χ2v) is 9.67. The third-order valence-electron chi connectivity index (χ3n) is 7.30. The van der Waals surface area contributed by atoms with Crippen molar-refractivity contribution in [1.82, 2.24) is 4.90 Å². The molecule has 12 heteroatoms. The zero-order chi connectivity index (χ0) is 26.5. The Bertz CT molecular complexity index is 980. The number of hydrogen-bond donors (Lipinski definition) is 3. The Morgan fingerprint density at radius 2 is 2.00 bits per heavy atom. The highest BCUT2D eigenvalue weighted by Gasteiger charge is 2.59. The van der Waals surface area contributed by atoms with Gasteiger partial charge in [-0.3, -0.25) is 19.3 Å². The lowest BCUT2D eigenvalue weighted by molar-refractivity contribution is -0.145. The fraction of sp³-hybridized carbons (Fsp3) is 0.680. The molecule has 0 spiro atoms. The summed E-state index contributed by atoms with van der Waals surface area (Å²) in [6, 6.07) is 3.49. The molecule has 2 saturated carbocycles. The van der Waals surface area contributed by atoms with Crippen LogP contribution in [-0.2, 0) is 35.3 Å². The monoisotopic (exact) mass is 522 g/mol. The Morgan fingerprint density at radius 3 is 2.73 bits per heavy atom. The minimum atomic E-state index is -1.21. The maximum absolute atomic E-state index is 13.3. The number of rotatable bonds is 11. The van der Waals surface area contributed by atoms with Crippen LogP contribution >= 0.6 is 0 Å². The van der Waals surface area contributed by atoms with E-state index in [-0.39, 0.29) is 57.6 Å². The molecule has 2 amide bonds. The van der Waals surface area contributed by atoms with Crippen LogP contribution in [0.4, 0.5) is 0 Å². The van der Waals surface area contributed by atoms with Crippen molar-refractivity contribution in [3.05, 3.63) is 24.2 Å². The van der Waals surface area contributed by atoms with Crippen molar-refractivity contribution in [2.24, 2.45) is 28.8 Å². The van der Waals surface area contributed by atoms with E-state index in [0.29, 0.717) is 24.3 Å². The molecule has 12 nitrogen and oxygen atoms in total. The SMILES string of the molecule is CCOC(=O)CCN1C(=O)[C@H]2[C@H]3[C@H](O)[C@H](O)C/C(=N\OC[C@@H](O)COCc4ccco4)[C@@H]3CC[C@H]2C1=O. The first-order valence-electron chi connectivity index (χ1n) is 12.7. The Balaban J connectivity index is 1.37. The van der Waals surface area contributed by atoms with Crippen LogP contribution in [0.3, 0.4) is 0 Å². The molecule has 1 aromatic rings. The standard InChI is InChI=1S/C25H34N2O10/c1-2-35-20(30)7-8-27-24(32)17-6-5-16-18(10-19(29)23(31)21(16)22(17)25(27)33)26-37-12-14(28)11-34-13-15-4-3-9-36-15/h3-4,9,14,16-17,19,21-23,28-29,31H,2,5-8,10-13H2,1H3/b26-18+/t14-,16-,17+,19+,21-,22+,23+/m0/s1. The van der Waals surface area contributed by atoms with Gasteiger partial charge in [0.15, 0.2) is 0 Å². The van der Waals surface area contributed by atoms with E-state index in [1.54, 1.807) is 19.1 Å². The minimum absolute atomic E-state index is 0.000940. The lowest BCUT2D eigenvalue weighted by atomic mass is 9.60. The Kier molecular flexibility index (Phi) is 8.95. The number of hydrogen-bond acceptors (Lipinski definition) is 11. The zero-order valence-corrected chi connectivity index (χ0v) is 20.7. The molecule has 3 aliphatic rings. The van der Waals surface area contributed by atoms with Crippen LogP contribution in [0, 0.1) is 23.7 Å². The Labute approximate surface area is 214 Å². The molecule has 7 atom stereocenters. The highest BCUT2D eigenvalue weighted by molar-refractivity contribution is 6.06. The van der Waals surface area contributed by atoms with E-state index in [0.717, 1.165) is 4.90 Å². The molecule has 4 rings (SSSR count). The van der Waals surface area contributed by atoms with E-state index in [2.05, 4.69) is 5.16 Å². The number of nitrogens with zero attached hydrogens (tertiary/aromatic N) is 2. The number of carbonyl (C=O) groups is 3. The topological polar surface area (TPSA) is 168 Å². The number of amides is 2. The number of furan rings is 1. The molecule has 1 saturated heterocycles. The number of ether oxygens (including phenoxy) is 2. The van der Waals surface area contributed by atoms with E-state index < -0.39 is 47.9 Å². The smallest absolute Gasteiger partial charge is 0.307 e. The van der Waals surface area contributed by atoms with E-state index in [1.807, 2.05) is 0 Å². The Hall–Kier alpha value is -2.80. The predicted molar refractivity (Wildman–Crippen MR) is 126 cm³/mol. The largest absolute Gasteiger partial charge is 0.467 e. The third kappa shape index (κ3) is 6.03. The summed E-state index contributed by atoms with van der Waals surface area (Å²) in [6.45, 7) is 1.86. The van der Waals surface area contributed by atoms with Crippen molar-refractivity contribution >= 4 is 23.5 Å². The number of aliphatic hydroxyl groups is 3. The van der Waals surface area contributed by atoms with Crippen LogP contribution in [0.5, 0.6) is 0 Å². The second-order valence-electron chi connectivity index (χ2n) is 9.67. The summed E-state index contributed by atoms with van der Waals surface area (Å²) in [7, 11) is 0. The average Bonchev–Trinajstić information content (AvgIpc) is 3.47. The molecule has 2 heterocycles. The van der Waals surface area contributed by atoms with Gasteiger partial charge in [0.25, 0.3) is 0 Å².